The van der Waals surface area contributed by atoms with Crippen LogP contribution in [0.5, 0.6) is 0 Å². The molecule has 7 nitrogen and oxygen atoms in total. The minimum atomic E-state index is -0.612. The number of nitrogens with zero attached hydrogens (tertiary/aromatic N) is 4. The number of aliphatic hydroxyl groups excluding tert-OH is 1. The van der Waals surface area contributed by atoms with Crippen molar-refractivity contribution in [1.29, 1.82) is 0 Å². The highest BCUT2D eigenvalue weighted by Crippen LogP contribution is 2.11. The second-order valence-corrected chi connectivity index (χ2v) is 7.15. The predicted octanol–water partition coefficient (Wildman–Crippen LogP) is 2.51. The average Bonchev–Trinajstić information content (AvgIpc) is 2.44. The molecule has 0 bridgehead atoms. The first-order chi connectivity index (χ1) is 10.9. The third kappa shape index (κ3) is 8.40. The Morgan fingerprint density at radius 3 is 2.25 bits per heavy atom. The molecule has 0 unspecified atom stereocenters. The second kappa shape index (κ2) is 9.74. The van der Waals surface area contributed by atoms with Crippen molar-refractivity contribution in [1.82, 2.24) is 14.7 Å². The molecule has 8 heteroatoms. The Morgan fingerprint density at radius 2 is 1.83 bits per heavy atom. The number of aliphatic imine (C=N–C) groups is 1. The number of hydrogen-bond acceptors (Lipinski definition) is 5. The first-order valence-corrected chi connectivity index (χ1v) is 8.22. The molecule has 0 aliphatic rings. The highest BCUT2D eigenvalue weighted by molar-refractivity contribution is 6.64. The normalized spacial score (nSPS) is 12.2. The van der Waals surface area contributed by atoms with Crippen LogP contribution in [0.1, 0.15) is 34.6 Å². The first-order valence-electron chi connectivity index (χ1n) is 7.85. The number of likely N-dealkylation sites (N-methyl/N-ethyl adjacent to an activating group) is 1. The van der Waals surface area contributed by atoms with E-state index in [4.69, 9.17) is 16.3 Å². The van der Waals surface area contributed by atoms with Gasteiger partial charge in [0.1, 0.15) is 18.2 Å². The summed E-state index contributed by atoms with van der Waals surface area (Å²) in [4.78, 5) is 21.0. The first kappa shape index (κ1) is 22.5. The Bertz CT molecular complexity index is 461. The molecule has 0 aromatic carbocycles. The molecule has 0 spiro atoms. The highest BCUT2D eigenvalue weighted by atomic mass is 35.5. The van der Waals surface area contributed by atoms with Gasteiger partial charge in [-0.2, -0.15) is 0 Å². The van der Waals surface area contributed by atoms with E-state index in [-0.39, 0.29) is 12.6 Å². The molecular weight excluding hydrogens is 332 g/mol. The number of ether oxygens (including phenoxy) is 1. The minimum Gasteiger partial charge on any atom is -0.444 e. The number of aliphatic hydroxyl groups is 1. The van der Waals surface area contributed by atoms with E-state index in [0.717, 1.165) is 0 Å². The number of carbonyl (C=O) groups is 1. The van der Waals surface area contributed by atoms with E-state index in [1.807, 2.05) is 25.8 Å². The van der Waals surface area contributed by atoms with Crippen molar-refractivity contribution in [2.24, 2.45) is 4.99 Å². The van der Waals surface area contributed by atoms with E-state index in [1.54, 1.807) is 32.7 Å². The van der Waals surface area contributed by atoms with Crippen LogP contribution in [0.3, 0.4) is 0 Å². The van der Waals surface area contributed by atoms with Crippen molar-refractivity contribution in [2.45, 2.75) is 46.3 Å². The fourth-order valence-electron chi connectivity index (χ4n) is 1.43. The highest BCUT2D eigenvalue weighted by Gasteiger charge is 2.21. The van der Waals surface area contributed by atoms with Crippen LogP contribution in [0, 0.1) is 0 Å². The summed E-state index contributed by atoms with van der Waals surface area (Å²) >= 11 is 6.14. The molecule has 0 aromatic heterocycles. The van der Waals surface area contributed by atoms with E-state index < -0.39 is 18.4 Å². The van der Waals surface area contributed by atoms with Gasteiger partial charge in [-0.3, -0.25) is 4.90 Å². The number of rotatable bonds is 7. The van der Waals surface area contributed by atoms with Crippen LogP contribution in [0.15, 0.2) is 17.4 Å². The van der Waals surface area contributed by atoms with Gasteiger partial charge in [0.05, 0.1) is 0 Å². The zero-order chi connectivity index (χ0) is 19.1. The Morgan fingerprint density at radius 1 is 1.29 bits per heavy atom. The van der Waals surface area contributed by atoms with Gasteiger partial charge in [0, 0.05) is 33.2 Å². The van der Waals surface area contributed by atoms with Crippen molar-refractivity contribution < 1.29 is 14.6 Å². The SMILES string of the molecule is C=C(N=C(Cl)N(C)C(C)C)N(C)CCN(CO)C(=O)OC(C)(C)C. The third-order valence-electron chi connectivity index (χ3n) is 3.26. The lowest BCUT2D eigenvalue weighted by atomic mass is 10.2. The number of amidine groups is 1. The standard InChI is InChI=1S/C16H31ClN4O3/c1-12(2)20(8)14(17)18-13(3)19(7)9-10-21(11-22)15(23)24-16(4,5)6/h12,22H,3,9-11H2,1-2,4-8H3. The molecule has 0 rings (SSSR count). The lowest BCUT2D eigenvalue weighted by Gasteiger charge is -2.28. The van der Waals surface area contributed by atoms with Gasteiger partial charge >= 0.3 is 6.09 Å². The summed E-state index contributed by atoms with van der Waals surface area (Å²) in [7, 11) is 3.63. The number of halogens is 1. The minimum absolute atomic E-state index is 0.219. The maximum atomic E-state index is 12.0. The number of amides is 1. The molecular formula is C16H31ClN4O3. The van der Waals surface area contributed by atoms with Gasteiger partial charge in [-0.25, -0.2) is 9.79 Å². The lowest BCUT2D eigenvalue weighted by Crippen LogP contribution is -2.41. The van der Waals surface area contributed by atoms with Gasteiger partial charge in [-0.1, -0.05) is 6.58 Å². The fourth-order valence-corrected chi connectivity index (χ4v) is 1.72. The molecule has 0 aromatic rings. The van der Waals surface area contributed by atoms with Gasteiger partial charge < -0.3 is 19.6 Å². The quantitative estimate of drug-likeness (QED) is 0.326. The maximum Gasteiger partial charge on any atom is 0.412 e. The summed E-state index contributed by atoms with van der Waals surface area (Å²) in [5.41, 5.74) is -0.612. The van der Waals surface area contributed by atoms with E-state index in [2.05, 4.69) is 11.6 Å². The zero-order valence-electron chi connectivity index (χ0n) is 15.8. The second-order valence-electron chi connectivity index (χ2n) is 6.81. The molecule has 0 heterocycles. The Hall–Kier alpha value is -1.47. The summed E-state index contributed by atoms with van der Waals surface area (Å²) in [6.45, 7) is 13.5. The van der Waals surface area contributed by atoms with Gasteiger partial charge in [0.15, 0.2) is 5.29 Å². The van der Waals surface area contributed by atoms with Crippen molar-refractivity contribution in [2.75, 3.05) is 33.9 Å². The molecule has 1 N–H and O–H groups in total. The summed E-state index contributed by atoms with van der Waals surface area (Å²) < 4.78 is 5.24. The van der Waals surface area contributed by atoms with E-state index in [1.165, 1.54) is 4.90 Å². The van der Waals surface area contributed by atoms with Crippen LogP contribution >= 0.6 is 11.6 Å². The van der Waals surface area contributed by atoms with Crippen molar-refractivity contribution in [3.8, 4) is 0 Å². The molecule has 0 radical (unpaired) electrons. The topological polar surface area (TPSA) is 68.6 Å². The van der Waals surface area contributed by atoms with Crippen molar-refractivity contribution >= 4 is 23.0 Å². The summed E-state index contributed by atoms with van der Waals surface area (Å²) in [5, 5.41) is 9.69. The van der Waals surface area contributed by atoms with E-state index in [9.17, 15) is 9.90 Å². The molecule has 0 fully saturated rings. The van der Waals surface area contributed by atoms with Crippen LogP contribution in [-0.2, 0) is 4.74 Å². The Labute approximate surface area is 150 Å². The molecule has 0 saturated carbocycles. The van der Waals surface area contributed by atoms with Crippen LogP contribution < -0.4 is 0 Å². The lowest BCUT2D eigenvalue weighted by molar-refractivity contribution is 0.00507. The van der Waals surface area contributed by atoms with Gasteiger partial charge in [-0.05, 0) is 46.2 Å². The van der Waals surface area contributed by atoms with Crippen molar-refractivity contribution in [3.63, 3.8) is 0 Å². The Balaban J connectivity index is 4.64. The smallest absolute Gasteiger partial charge is 0.412 e. The largest absolute Gasteiger partial charge is 0.444 e. The third-order valence-corrected chi connectivity index (χ3v) is 3.61. The number of carbonyl (C=O) groups excluding carboxylic acids is 1. The molecule has 0 aliphatic carbocycles. The predicted molar refractivity (Wildman–Crippen MR) is 98.0 cm³/mol. The number of hydrogen-bond donors (Lipinski definition) is 1. The van der Waals surface area contributed by atoms with Crippen molar-refractivity contribution in [3.05, 3.63) is 12.4 Å². The van der Waals surface area contributed by atoms with Crippen LogP contribution in [0.4, 0.5) is 4.79 Å². The van der Waals surface area contributed by atoms with Gasteiger partial charge in [0.2, 0.25) is 0 Å². The van der Waals surface area contributed by atoms with Gasteiger partial charge in [-0.15, -0.1) is 0 Å². The fraction of sp³-hybridized carbons (Fsp3) is 0.750. The monoisotopic (exact) mass is 362 g/mol. The molecule has 1 amide bonds. The molecule has 0 atom stereocenters. The molecule has 0 aliphatic heterocycles. The van der Waals surface area contributed by atoms with Gasteiger partial charge in [0.25, 0.3) is 0 Å². The molecule has 140 valence electrons. The zero-order valence-corrected chi connectivity index (χ0v) is 16.6. The summed E-state index contributed by atoms with van der Waals surface area (Å²) in [6.07, 6.45) is -0.565. The Kier molecular flexibility index (Phi) is 9.14. The summed E-state index contributed by atoms with van der Waals surface area (Å²) in [6, 6.07) is 0.219. The van der Waals surface area contributed by atoms with E-state index in [0.29, 0.717) is 17.7 Å². The van der Waals surface area contributed by atoms with E-state index >= 15 is 0 Å². The maximum absolute atomic E-state index is 12.0. The molecule has 0 saturated heterocycles. The van der Waals surface area contributed by atoms with Crippen LogP contribution in [0.2, 0.25) is 0 Å². The molecule has 24 heavy (non-hydrogen) atoms. The van der Waals surface area contributed by atoms with Crippen LogP contribution in [-0.4, -0.2) is 76.8 Å². The van der Waals surface area contributed by atoms with Crippen LogP contribution in [0.25, 0.3) is 0 Å². The summed E-state index contributed by atoms with van der Waals surface area (Å²) in [5.74, 6) is 0.467. The average molecular weight is 363 g/mol.